The summed E-state index contributed by atoms with van der Waals surface area (Å²) in [7, 11) is 0. The molecule has 4 bridgehead atoms. The molecular weight excluding hydrogens is 442 g/mol. The molecule has 4 N–H and O–H groups in total. The number of benzene rings is 1. The number of nitrogens with zero attached hydrogens (tertiary/aromatic N) is 2. The number of nitrogens with two attached hydrogens (primary N) is 1. The van der Waals surface area contributed by atoms with Crippen LogP contribution in [-0.2, 0) is 16.0 Å². The van der Waals surface area contributed by atoms with Gasteiger partial charge in [0.25, 0.3) is 5.56 Å². The van der Waals surface area contributed by atoms with E-state index in [2.05, 4.69) is 15.3 Å². The summed E-state index contributed by atoms with van der Waals surface area (Å²) < 4.78 is 1.36. The van der Waals surface area contributed by atoms with Gasteiger partial charge in [0.15, 0.2) is 0 Å². The zero-order valence-electron chi connectivity index (χ0n) is 19.7. The molecule has 1 aromatic carbocycles. The first kappa shape index (κ1) is 22.1. The molecule has 4 saturated carbocycles. The lowest BCUT2D eigenvalue weighted by Crippen LogP contribution is -2.47. The Balaban J connectivity index is 1.25. The van der Waals surface area contributed by atoms with Crippen molar-refractivity contribution in [1.82, 2.24) is 14.5 Å². The summed E-state index contributed by atoms with van der Waals surface area (Å²) in [5, 5.41) is 4.20. The van der Waals surface area contributed by atoms with Crippen LogP contribution in [0.3, 0.4) is 0 Å². The molecule has 2 aromatic heterocycles. The number of anilines is 1. The largest absolute Gasteiger partial charge is 0.368 e. The Kier molecular flexibility index (Phi) is 5.27. The standard InChI is InChI=1S/C27H31N5O3/c28-25(34)23(9-19-14-29-15-30-19)32-5-4-20-21(26(32)35)2-1-3-22(20)31-24(33)13-27-10-16-6-17(11-27)8-18(7-16)12-27/h1-5,14-18,23H,6-13H2,(H2,28,34)(H,29,30)(H,31,33)/t16?,17?,18?,23-,27?/m1/s1. The number of carbonyl (C=O) groups is 2. The number of fused-ring (bicyclic) bond motifs is 1. The summed E-state index contributed by atoms with van der Waals surface area (Å²) in [5.74, 6) is 1.81. The molecular formula is C27H31N5O3. The summed E-state index contributed by atoms with van der Waals surface area (Å²) in [5.41, 5.74) is 6.75. The fourth-order valence-corrected chi connectivity index (χ4v) is 7.63. The summed E-state index contributed by atoms with van der Waals surface area (Å²) in [6.45, 7) is 0. The second-order valence-corrected chi connectivity index (χ2v) is 11.1. The van der Waals surface area contributed by atoms with Crippen molar-refractivity contribution in [2.24, 2.45) is 28.9 Å². The number of imidazole rings is 1. The number of nitrogens with one attached hydrogen (secondary N) is 2. The lowest BCUT2D eigenvalue weighted by Gasteiger charge is -2.56. The van der Waals surface area contributed by atoms with Gasteiger partial charge in [0.05, 0.1) is 12.0 Å². The molecule has 0 unspecified atom stereocenters. The lowest BCUT2D eigenvalue weighted by molar-refractivity contribution is -0.124. The molecule has 35 heavy (non-hydrogen) atoms. The van der Waals surface area contributed by atoms with Gasteiger partial charge in [0.1, 0.15) is 6.04 Å². The van der Waals surface area contributed by atoms with Crippen LogP contribution < -0.4 is 16.6 Å². The maximum atomic E-state index is 13.4. The summed E-state index contributed by atoms with van der Waals surface area (Å²) in [4.78, 5) is 45.8. The molecule has 2 heterocycles. The van der Waals surface area contributed by atoms with Crippen LogP contribution in [-0.4, -0.2) is 26.3 Å². The molecule has 1 atom stereocenters. The quantitative estimate of drug-likeness (QED) is 0.486. The molecule has 3 aromatic rings. The molecule has 0 radical (unpaired) electrons. The van der Waals surface area contributed by atoms with Gasteiger partial charge in [-0.15, -0.1) is 0 Å². The molecule has 0 spiro atoms. The van der Waals surface area contributed by atoms with Crippen molar-refractivity contribution in [3.05, 3.63) is 59.0 Å². The van der Waals surface area contributed by atoms with Gasteiger partial charge in [-0.05, 0) is 79.9 Å². The highest BCUT2D eigenvalue weighted by Crippen LogP contribution is 2.61. The average Bonchev–Trinajstić information content (AvgIpc) is 3.30. The topological polar surface area (TPSA) is 123 Å². The van der Waals surface area contributed by atoms with Gasteiger partial charge < -0.3 is 20.6 Å². The van der Waals surface area contributed by atoms with E-state index < -0.39 is 11.9 Å². The number of hydrogen-bond donors (Lipinski definition) is 3. The number of primary amides is 1. The Morgan fingerprint density at radius 3 is 2.46 bits per heavy atom. The number of aromatic nitrogens is 3. The fourth-order valence-electron chi connectivity index (χ4n) is 7.63. The zero-order chi connectivity index (χ0) is 24.2. The summed E-state index contributed by atoms with van der Waals surface area (Å²) in [6.07, 6.45) is 13.1. The minimum absolute atomic E-state index is 0.0252. The van der Waals surface area contributed by atoms with E-state index in [-0.39, 0.29) is 23.3 Å². The Bertz CT molecular complexity index is 1310. The smallest absolute Gasteiger partial charge is 0.259 e. The van der Waals surface area contributed by atoms with Crippen molar-refractivity contribution in [1.29, 1.82) is 0 Å². The van der Waals surface area contributed by atoms with Crippen LogP contribution in [0.2, 0.25) is 0 Å². The minimum Gasteiger partial charge on any atom is -0.368 e. The van der Waals surface area contributed by atoms with E-state index in [4.69, 9.17) is 5.73 Å². The molecule has 4 fully saturated rings. The van der Waals surface area contributed by atoms with Crippen LogP contribution in [0.5, 0.6) is 0 Å². The highest BCUT2D eigenvalue weighted by molar-refractivity contribution is 6.02. The molecule has 4 aliphatic rings. The minimum atomic E-state index is -0.857. The Hall–Kier alpha value is -3.42. The van der Waals surface area contributed by atoms with E-state index >= 15 is 0 Å². The van der Waals surface area contributed by atoms with Crippen LogP contribution in [0.25, 0.3) is 10.8 Å². The number of carbonyl (C=O) groups excluding carboxylic acids is 2. The van der Waals surface area contributed by atoms with Crippen molar-refractivity contribution in [2.75, 3.05) is 5.32 Å². The van der Waals surface area contributed by atoms with Gasteiger partial charge in [-0.25, -0.2) is 4.98 Å². The number of H-pyrrole nitrogens is 1. The molecule has 182 valence electrons. The lowest BCUT2D eigenvalue weighted by atomic mass is 9.49. The molecule has 0 saturated heterocycles. The third kappa shape index (κ3) is 4.05. The fraction of sp³-hybridized carbons (Fsp3) is 0.481. The molecule has 8 nitrogen and oxygen atoms in total. The third-order valence-corrected chi connectivity index (χ3v) is 8.57. The molecule has 0 aliphatic heterocycles. The van der Waals surface area contributed by atoms with E-state index in [0.717, 1.165) is 17.8 Å². The van der Waals surface area contributed by atoms with Gasteiger partial charge in [0.2, 0.25) is 11.8 Å². The number of amides is 2. The average molecular weight is 474 g/mol. The zero-order valence-corrected chi connectivity index (χ0v) is 19.7. The van der Waals surface area contributed by atoms with E-state index in [1.165, 1.54) is 49.4 Å². The van der Waals surface area contributed by atoms with Crippen LogP contribution in [0.1, 0.15) is 56.7 Å². The first-order valence-electron chi connectivity index (χ1n) is 12.6. The summed E-state index contributed by atoms with van der Waals surface area (Å²) in [6, 6.07) is 6.23. The van der Waals surface area contributed by atoms with Crippen molar-refractivity contribution in [3.63, 3.8) is 0 Å². The van der Waals surface area contributed by atoms with Gasteiger partial charge in [0, 0.05) is 41.7 Å². The van der Waals surface area contributed by atoms with E-state index in [9.17, 15) is 14.4 Å². The van der Waals surface area contributed by atoms with Crippen LogP contribution in [0.4, 0.5) is 5.69 Å². The predicted molar refractivity (Wildman–Crippen MR) is 133 cm³/mol. The second-order valence-electron chi connectivity index (χ2n) is 11.1. The molecule has 4 aliphatic carbocycles. The van der Waals surface area contributed by atoms with Crippen molar-refractivity contribution < 1.29 is 9.59 Å². The monoisotopic (exact) mass is 473 g/mol. The number of hydrogen-bond acceptors (Lipinski definition) is 4. The molecule has 8 heteroatoms. The second kappa shape index (κ2) is 8.36. The first-order valence-corrected chi connectivity index (χ1v) is 12.6. The Labute approximate surface area is 203 Å². The van der Waals surface area contributed by atoms with E-state index in [1.54, 1.807) is 30.6 Å². The van der Waals surface area contributed by atoms with E-state index in [1.807, 2.05) is 6.07 Å². The van der Waals surface area contributed by atoms with Gasteiger partial charge in [-0.2, -0.15) is 0 Å². The normalized spacial score (nSPS) is 27.7. The number of pyridine rings is 1. The van der Waals surface area contributed by atoms with Crippen LogP contribution in [0, 0.1) is 23.2 Å². The summed E-state index contributed by atoms with van der Waals surface area (Å²) >= 11 is 0. The van der Waals surface area contributed by atoms with Crippen molar-refractivity contribution in [2.45, 2.75) is 57.4 Å². The Morgan fingerprint density at radius 1 is 1.11 bits per heavy atom. The third-order valence-electron chi connectivity index (χ3n) is 8.57. The van der Waals surface area contributed by atoms with Crippen molar-refractivity contribution >= 4 is 28.3 Å². The number of aromatic amines is 1. The predicted octanol–water partition coefficient (Wildman–Crippen LogP) is 3.54. The van der Waals surface area contributed by atoms with Crippen LogP contribution >= 0.6 is 0 Å². The maximum Gasteiger partial charge on any atom is 0.259 e. The maximum absolute atomic E-state index is 13.4. The SMILES string of the molecule is NC(=O)[C@@H](Cc1c[nH]cn1)n1ccc2c(NC(=O)CC34CC5CC(CC(C5)C3)C4)cccc2c1=O. The van der Waals surface area contributed by atoms with Gasteiger partial charge >= 0.3 is 0 Å². The highest BCUT2D eigenvalue weighted by Gasteiger charge is 2.51. The molecule has 7 rings (SSSR count). The number of rotatable bonds is 7. The molecule has 2 amide bonds. The van der Waals surface area contributed by atoms with Crippen molar-refractivity contribution in [3.8, 4) is 0 Å². The van der Waals surface area contributed by atoms with Gasteiger partial charge in [-0.3, -0.25) is 14.4 Å². The van der Waals surface area contributed by atoms with E-state index in [0.29, 0.717) is 28.6 Å². The Morgan fingerprint density at radius 2 is 1.83 bits per heavy atom. The van der Waals surface area contributed by atoms with Gasteiger partial charge in [-0.1, -0.05) is 6.07 Å². The van der Waals surface area contributed by atoms with Crippen LogP contribution in [0.15, 0.2) is 47.8 Å². The highest BCUT2D eigenvalue weighted by atomic mass is 16.2. The first-order chi connectivity index (χ1) is 16.9.